The van der Waals surface area contributed by atoms with Crippen molar-refractivity contribution in [1.82, 2.24) is 9.66 Å². The minimum atomic E-state index is -0.787. The van der Waals surface area contributed by atoms with Gasteiger partial charge in [-0.15, -0.1) is 0 Å². The van der Waals surface area contributed by atoms with E-state index < -0.39 is 12.1 Å². The Morgan fingerprint density at radius 2 is 2.06 bits per heavy atom. The molecule has 0 saturated carbocycles. The predicted molar refractivity (Wildman–Crippen MR) is 133 cm³/mol. The van der Waals surface area contributed by atoms with Crippen LogP contribution in [-0.4, -0.2) is 34.6 Å². The third kappa shape index (κ3) is 6.21. The van der Waals surface area contributed by atoms with E-state index in [9.17, 15) is 9.59 Å². The standard InChI is InChI=1S/C24H25BrClN3O4/c1-4-6-7-22-28-20-10-9-17(25)13-18(20)23(30)29(22)27-14-16-8-11-21(19(26)12-16)33-15(3)24(31)32-5-2/h8-15H,4-7H2,1-3H3/t15-/m0/s1. The van der Waals surface area contributed by atoms with Gasteiger partial charge in [-0.05, 0) is 62.2 Å². The third-order valence-electron chi connectivity index (χ3n) is 4.83. The molecule has 1 atom stereocenters. The van der Waals surface area contributed by atoms with E-state index >= 15 is 0 Å². The van der Waals surface area contributed by atoms with Crippen LogP contribution in [0.3, 0.4) is 0 Å². The molecular formula is C24H25BrClN3O4. The van der Waals surface area contributed by atoms with Gasteiger partial charge in [0.25, 0.3) is 5.56 Å². The summed E-state index contributed by atoms with van der Waals surface area (Å²) < 4.78 is 12.7. The van der Waals surface area contributed by atoms with Crippen molar-refractivity contribution in [3.8, 4) is 5.75 Å². The number of rotatable bonds is 9. The molecule has 0 aliphatic carbocycles. The molecule has 2 aromatic carbocycles. The van der Waals surface area contributed by atoms with Crippen LogP contribution in [0.25, 0.3) is 10.9 Å². The number of benzene rings is 2. The van der Waals surface area contributed by atoms with E-state index in [1.165, 1.54) is 4.68 Å². The van der Waals surface area contributed by atoms with Crippen LogP contribution in [-0.2, 0) is 16.0 Å². The van der Waals surface area contributed by atoms with Crippen molar-refractivity contribution in [1.29, 1.82) is 0 Å². The fraction of sp³-hybridized carbons (Fsp3) is 0.333. The molecular weight excluding hydrogens is 510 g/mol. The van der Waals surface area contributed by atoms with Gasteiger partial charge in [0.05, 0.1) is 28.7 Å². The summed E-state index contributed by atoms with van der Waals surface area (Å²) in [5.41, 5.74) is 1.07. The first-order valence-electron chi connectivity index (χ1n) is 10.7. The van der Waals surface area contributed by atoms with Crippen LogP contribution in [0, 0.1) is 0 Å². The van der Waals surface area contributed by atoms with Crippen molar-refractivity contribution in [2.24, 2.45) is 5.10 Å². The number of hydrogen-bond acceptors (Lipinski definition) is 6. The lowest BCUT2D eigenvalue weighted by molar-refractivity contribution is -0.150. The number of nitrogens with zero attached hydrogens (tertiary/aromatic N) is 3. The minimum Gasteiger partial charge on any atom is -0.477 e. The second-order valence-corrected chi connectivity index (χ2v) is 8.68. The smallest absolute Gasteiger partial charge is 0.347 e. The van der Waals surface area contributed by atoms with Gasteiger partial charge in [-0.1, -0.05) is 40.9 Å². The molecule has 0 aliphatic heterocycles. The van der Waals surface area contributed by atoms with Gasteiger partial charge in [0.15, 0.2) is 6.10 Å². The van der Waals surface area contributed by atoms with Crippen LogP contribution in [0.2, 0.25) is 5.02 Å². The summed E-state index contributed by atoms with van der Waals surface area (Å²) in [7, 11) is 0. The molecule has 174 valence electrons. The van der Waals surface area contributed by atoms with Crippen molar-refractivity contribution < 1.29 is 14.3 Å². The highest BCUT2D eigenvalue weighted by molar-refractivity contribution is 9.10. The van der Waals surface area contributed by atoms with Gasteiger partial charge in [-0.25, -0.2) is 9.78 Å². The number of halogens is 2. The first kappa shape index (κ1) is 24.9. The van der Waals surface area contributed by atoms with E-state index in [1.54, 1.807) is 44.3 Å². The van der Waals surface area contributed by atoms with Gasteiger partial charge in [-0.3, -0.25) is 4.79 Å². The van der Waals surface area contributed by atoms with Gasteiger partial charge in [0.1, 0.15) is 11.6 Å². The molecule has 0 saturated heterocycles. The summed E-state index contributed by atoms with van der Waals surface area (Å²) in [5.74, 6) is 0.489. The van der Waals surface area contributed by atoms with Crippen LogP contribution in [0.5, 0.6) is 5.75 Å². The van der Waals surface area contributed by atoms with Crippen molar-refractivity contribution in [3.63, 3.8) is 0 Å². The van der Waals surface area contributed by atoms with Gasteiger partial charge in [0, 0.05) is 10.9 Å². The van der Waals surface area contributed by atoms with Crippen molar-refractivity contribution in [2.75, 3.05) is 6.61 Å². The molecule has 9 heteroatoms. The van der Waals surface area contributed by atoms with Gasteiger partial charge < -0.3 is 9.47 Å². The Bertz CT molecular complexity index is 1240. The fourth-order valence-electron chi connectivity index (χ4n) is 3.13. The molecule has 0 radical (unpaired) electrons. The van der Waals surface area contributed by atoms with Crippen molar-refractivity contribution >= 4 is 50.6 Å². The summed E-state index contributed by atoms with van der Waals surface area (Å²) in [6, 6.07) is 10.5. The number of fused-ring (bicyclic) bond motifs is 1. The van der Waals surface area contributed by atoms with Gasteiger partial charge >= 0.3 is 5.97 Å². The third-order valence-corrected chi connectivity index (χ3v) is 5.62. The minimum absolute atomic E-state index is 0.238. The maximum atomic E-state index is 13.1. The van der Waals surface area contributed by atoms with Gasteiger partial charge in [-0.2, -0.15) is 9.78 Å². The molecule has 0 N–H and O–H groups in total. The summed E-state index contributed by atoms with van der Waals surface area (Å²) in [6.45, 7) is 5.68. The Hall–Kier alpha value is -2.71. The maximum absolute atomic E-state index is 13.1. The van der Waals surface area contributed by atoms with Crippen molar-refractivity contribution in [3.05, 3.63) is 67.6 Å². The zero-order valence-electron chi connectivity index (χ0n) is 18.7. The summed E-state index contributed by atoms with van der Waals surface area (Å²) >= 11 is 9.75. The van der Waals surface area contributed by atoms with Crippen LogP contribution in [0.1, 0.15) is 45.0 Å². The van der Waals surface area contributed by atoms with E-state index in [0.717, 1.165) is 17.3 Å². The fourth-order valence-corrected chi connectivity index (χ4v) is 3.72. The molecule has 0 amide bonds. The molecule has 1 aromatic heterocycles. The van der Waals surface area contributed by atoms with Crippen LogP contribution in [0.15, 0.2) is 50.8 Å². The highest BCUT2D eigenvalue weighted by Gasteiger charge is 2.17. The molecule has 0 unspecified atom stereocenters. The monoisotopic (exact) mass is 533 g/mol. The molecule has 0 fully saturated rings. The SMILES string of the molecule is CCCCc1nc2ccc(Br)cc2c(=O)n1N=Cc1ccc(O[C@@H](C)C(=O)OCC)c(Cl)c1. The Morgan fingerprint density at radius 1 is 1.27 bits per heavy atom. The molecule has 0 spiro atoms. The zero-order chi connectivity index (χ0) is 24.0. The topological polar surface area (TPSA) is 82.8 Å². The molecule has 0 bridgehead atoms. The predicted octanol–water partition coefficient (Wildman–Crippen LogP) is 5.37. The van der Waals surface area contributed by atoms with Crippen LogP contribution in [0.4, 0.5) is 0 Å². The quantitative estimate of drug-likeness (QED) is 0.272. The Labute approximate surface area is 205 Å². The second-order valence-electron chi connectivity index (χ2n) is 7.36. The van der Waals surface area contributed by atoms with Gasteiger partial charge in [0.2, 0.25) is 0 Å². The van der Waals surface area contributed by atoms with E-state index in [4.69, 9.17) is 21.1 Å². The number of esters is 1. The molecule has 3 aromatic rings. The number of unbranched alkanes of at least 4 members (excludes halogenated alkanes) is 1. The summed E-state index contributed by atoms with van der Waals surface area (Å²) in [4.78, 5) is 29.6. The Balaban J connectivity index is 1.91. The number of hydrogen-bond donors (Lipinski definition) is 0. The zero-order valence-corrected chi connectivity index (χ0v) is 21.0. The summed E-state index contributed by atoms with van der Waals surface area (Å²) in [5, 5.41) is 5.22. The van der Waals surface area contributed by atoms with Crippen LogP contribution >= 0.6 is 27.5 Å². The maximum Gasteiger partial charge on any atom is 0.347 e. The lowest BCUT2D eigenvalue weighted by Gasteiger charge is -2.14. The first-order valence-corrected chi connectivity index (χ1v) is 11.9. The molecule has 3 rings (SSSR count). The number of carbonyl (C=O) groups is 1. The lowest BCUT2D eigenvalue weighted by atomic mass is 10.2. The van der Waals surface area contributed by atoms with E-state index in [2.05, 4.69) is 32.9 Å². The molecule has 7 nitrogen and oxygen atoms in total. The normalized spacial score (nSPS) is 12.3. The number of carbonyl (C=O) groups excluding carboxylic acids is 1. The number of ether oxygens (including phenoxy) is 2. The average Bonchev–Trinajstić information content (AvgIpc) is 2.79. The molecule has 33 heavy (non-hydrogen) atoms. The van der Waals surface area contributed by atoms with Crippen molar-refractivity contribution in [2.45, 2.75) is 46.1 Å². The van der Waals surface area contributed by atoms with E-state index in [1.807, 2.05) is 12.1 Å². The van der Waals surface area contributed by atoms with E-state index in [0.29, 0.717) is 39.5 Å². The molecule has 1 heterocycles. The molecule has 0 aliphatic rings. The Kier molecular flexibility index (Phi) is 8.63. The summed E-state index contributed by atoms with van der Waals surface area (Å²) in [6.07, 6.45) is 3.26. The highest BCUT2D eigenvalue weighted by Crippen LogP contribution is 2.26. The van der Waals surface area contributed by atoms with Crippen LogP contribution < -0.4 is 10.3 Å². The van der Waals surface area contributed by atoms with E-state index in [-0.39, 0.29) is 12.2 Å². The highest BCUT2D eigenvalue weighted by atomic mass is 79.9. The average molecular weight is 535 g/mol. The number of aromatic nitrogens is 2. The lowest BCUT2D eigenvalue weighted by Crippen LogP contribution is -2.26. The largest absolute Gasteiger partial charge is 0.477 e. The second kappa shape index (κ2) is 11.4. The first-order chi connectivity index (χ1) is 15.8. The Morgan fingerprint density at radius 3 is 2.76 bits per heavy atom. The number of aryl methyl sites for hydroxylation is 1.